The lowest BCUT2D eigenvalue weighted by molar-refractivity contribution is -0.870. The first-order valence-corrected chi connectivity index (χ1v) is 23.5. The zero-order valence-corrected chi connectivity index (χ0v) is 36.6. The van der Waals surface area contributed by atoms with Crippen molar-refractivity contribution in [2.45, 2.75) is 193 Å². The van der Waals surface area contributed by atoms with Gasteiger partial charge in [-0.25, -0.2) is 4.57 Å². The van der Waals surface area contributed by atoms with Crippen LogP contribution in [0.1, 0.15) is 181 Å². The van der Waals surface area contributed by atoms with Gasteiger partial charge in [-0.05, 0) is 70.6 Å². The van der Waals surface area contributed by atoms with Gasteiger partial charge in [-0.1, -0.05) is 152 Å². The van der Waals surface area contributed by atoms with Gasteiger partial charge in [-0.2, -0.15) is 0 Å². The van der Waals surface area contributed by atoms with E-state index in [1.807, 2.05) is 27.2 Å². The van der Waals surface area contributed by atoms with Crippen molar-refractivity contribution in [3.05, 3.63) is 48.6 Å². The van der Waals surface area contributed by atoms with Crippen molar-refractivity contribution in [1.29, 1.82) is 0 Å². The summed E-state index contributed by atoms with van der Waals surface area (Å²) in [5.41, 5.74) is 0. The average Bonchev–Trinajstić information content (AvgIpc) is 3.12. The molecule has 0 heterocycles. The van der Waals surface area contributed by atoms with Gasteiger partial charge < -0.3 is 19.8 Å². The largest absolute Gasteiger partial charge is 0.472 e. The van der Waals surface area contributed by atoms with E-state index in [1.165, 1.54) is 103 Å². The molecule has 0 aliphatic heterocycles. The monoisotopic (exact) mass is 782 g/mol. The average molecular weight is 782 g/mol. The molecule has 3 N–H and O–H groups in total. The number of carbonyl (C=O) groups is 1. The Kier molecular flexibility index (Phi) is 36.0. The number of allylic oxidation sites excluding steroid dienone is 7. The molecule has 0 aromatic rings. The first-order chi connectivity index (χ1) is 26.0. The van der Waals surface area contributed by atoms with Crippen LogP contribution in [0.15, 0.2) is 48.6 Å². The minimum atomic E-state index is -4.35. The summed E-state index contributed by atoms with van der Waals surface area (Å²) in [6.07, 6.45) is 46.1. The molecular formula is C45H86N2O6P+. The van der Waals surface area contributed by atoms with E-state index < -0.39 is 20.0 Å². The van der Waals surface area contributed by atoms with Gasteiger partial charge >= 0.3 is 7.82 Å². The van der Waals surface area contributed by atoms with E-state index in [9.17, 15) is 19.4 Å². The molecule has 0 aliphatic carbocycles. The summed E-state index contributed by atoms with van der Waals surface area (Å²) >= 11 is 0. The van der Waals surface area contributed by atoms with E-state index in [4.69, 9.17) is 9.05 Å². The Bertz CT molecular complexity index is 1020. The molecule has 0 aromatic carbocycles. The van der Waals surface area contributed by atoms with Gasteiger partial charge in [0.1, 0.15) is 13.2 Å². The molecule has 3 unspecified atom stereocenters. The number of likely N-dealkylation sites (N-methyl/N-ethyl adjacent to an activating group) is 1. The normalized spacial score (nSPS) is 14.9. The Morgan fingerprint density at radius 1 is 0.611 bits per heavy atom. The number of phosphoric ester groups is 1. The Morgan fingerprint density at radius 2 is 1.02 bits per heavy atom. The van der Waals surface area contributed by atoms with Crippen LogP contribution in [0.5, 0.6) is 0 Å². The lowest BCUT2D eigenvalue weighted by Crippen LogP contribution is -2.45. The molecule has 8 nitrogen and oxygen atoms in total. The number of aliphatic hydroxyl groups is 1. The summed E-state index contributed by atoms with van der Waals surface area (Å²) in [6.45, 7) is 4.75. The molecule has 0 aliphatic rings. The molecule has 0 radical (unpaired) electrons. The number of phosphoric acid groups is 1. The number of nitrogens with zero attached hydrogens (tertiary/aromatic N) is 1. The second-order valence-electron chi connectivity index (χ2n) is 16.0. The van der Waals surface area contributed by atoms with E-state index in [1.54, 1.807) is 6.08 Å². The predicted octanol–water partition coefficient (Wildman–Crippen LogP) is 12.1. The van der Waals surface area contributed by atoms with Gasteiger partial charge in [-0.15, -0.1) is 0 Å². The number of rotatable bonds is 39. The Hall–Kier alpha value is -1.54. The SMILES string of the molecule is CCCCCCCC/C=C/CC/C=C/CC/C=C/C(O)C(COP(=O)(O)OCC[N+](C)(C)C)NC(=O)CCCCCCC/C=C\CCCCCCCCC. The molecule has 0 aromatic heterocycles. The summed E-state index contributed by atoms with van der Waals surface area (Å²) in [6, 6.07) is -0.872. The van der Waals surface area contributed by atoms with Gasteiger partial charge in [0.05, 0.1) is 39.9 Å². The number of hydrogen-bond acceptors (Lipinski definition) is 5. The van der Waals surface area contributed by atoms with E-state index in [0.717, 1.165) is 57.8 Å². The number of unbranched alkanes of at least 4 members (excludes halogenated alkanes) is 20. The molecule has 316 valence electrons. The van der Waals surface area contributed by atoms with Gasteiger partial charge in [0.25, 0.3) is 0 Å². The smallest absolute Gasteiger partial charge is 0.387 e. The van der Waals surface area contributed by atoms with Gasteiger partial charge in [0.15, 0.2) is 0 Å². The highest BCUT2D eigenvalue weighted by Gasteiger charge is 2.27. The van der Waals surface area contributed by atoms with Crippen molar-refractivity contribution in [2.24, 2.45) is 0 Å². The maximum atomic E-state index is 12.8. The number of quaternary nitrogens is 1. The fourth-order valence-corrected chi connectivity index (χ4v) is 6.68. The minimum Gasteiger partial charge on any atom is -0.387 e. The number of hydrogen-bond donors (Lipinski definition) is 3. The molecule has 9 heteroatoms. The van der Waals surface area contributed by atoms with Crippen LogP contribution in [0.2, 0.25) is 0 Å². The van der Waals surface area contributed by atoms with E-state index in [2.05, 4.69) is 55.6 Å². The second-order valence-corrected chi connectivity index (χ2v) is 17.5. The molecule has 3 atom stereocenters. The number of aliphatic hydroxyl groups excluding tert-OH is 1. The molecule has 0 fully saturated rings. The van der Waals surface area contributed by atoms with E-state index >= 15 is 0 Å². The maximum Gasteiger partial charge on any atom is 0.472 e. The number of carbonyl (C=O) groups excluding carboxylic acids is 1. The van der Waals surface area contributed by atoms with E-state index in [-0.39, 0.29) is 19.1 Å². The molecule has 0 bridgehead atoms. The molecule has 0 saturated carbocycles. The highest BCUT2D eigenvalue weighted by Crippen LogP contribution is 2.43. The third kappa shape index (κ3) is 38.7. The fraction of sp³-hybridized carbons (Fsp3) is 0.800. The van der Waals surface area contributed by atoms with Crippen LogP contribution in [0.3, 0.4) is 0 Å². The van der Waals surface area contributed by atoms with Crippen molar-refractivity contribution in [3.63, 3.8) is 0 Å². The Labute approximate surface area is 333 Å². The maximum absolute atomic E-state index is 12.8. The van der Waals surface area contributed by atoms with Gasteiger partial charge in [-0.3, -0.25) is 13.8 Å². The highest BCUT2D eigenvalue weighted by atomic mass is 31.2. The third-order valence-electron chi connectivity index (χ3n) is 9.50. The van der Waals surface area contributed by atoms with Gasteiger partial charge in [0.2, 0.25) is 5.91 Å². The van der Waals surface area contributed by atoms with Crippen LogP contribution in [0, 0.1) is 0 Å². The molecule has 0 spiro atoms. The van der Waals surface area contributed by atoms with Crippen LogP contribution >= 0.6 is 7.82 Å². The quantitative estimate of drug-likeness (QED) is 0.0248. The van der Waals surface area contributed by atoms with Crippen LogP contribution in [-0.4, -0.2) is 73.4 Å². The lowest BCUT2D eigenvalue weighted by Gasteiger charge is -2.25. The van der Waals surface area contributed by atoms with Crippen molar-refractivity contribution in [3.8, 4) is 0 Å². The second kappa shape index (κ2) is 37.1. The van der Waals surface area contributed by atoms with Crippen molar-refractivity contribution in [1.82, 2.24) is 5.32 Å². The highest BCUT2D eigenvalue weighted by molar-refractivity contribution is 7.47. The minimum absolute atomic E-state index is 0.0509. The Morgan fingerprint density at radius 3 is 1.48 bits per heavy atom. The molecule has 0 saturated heterocycles. The zero-order chi connectivity index (χ0) is 40.0. The third-order valence-corrected chi connectivity index (χ3v) is 10.5. The standard InChI is InChI=1S/C45H85N2O6P/c1-6-8-10-12-14-16-18-20-22-24-26-28-30-32-34-36-38-44(48)43(42-53-54(50,51)52-41-40-47(3,4)5)46-45(49)39-37-35-33-31-29-27-25-23-21-19-17-15-13-11-9-7-2/h20,22-23,25,28,30,36,38,43-44,48H,6-19,21,24,26-27,29,31-35,37,39-42H2,1-5H3,(H-,46,49,50,51)/p+1/b22-20+,25-23-,30-28+,38-36+. The molecule has 54 heavy (non-hydrogen) atoms. The number of nitrogens with one attached hydrogen (secondary N) is 1. The zero-order valence-electron chi connectivity index (χ0n) is 35.7. The molecule has 1 amide bonds. The lowest BCUT2D eigenvalue weighted by atomic mass is 10.1. The molecule has 0 rings (SSSR count). The summed E-state index contributed by atoms with van der Waals surface area (Å²) in [5, 5.41) is 13.8. The van der Waals surface area contributed by atoms with Crippen LogP contribution in [0.25, 0.3) is 0 Å². The van der Waals surface area contributed by atoms with Gasteiger partial charge in [0, 0.05) is 6.42 Å². The van der Waals surface area contributed by atoms with Crippen molar-refractivity contribution < 1.29 is 32.9 Å². The first-order valence-electron chi connectivity index (χ1n) is 22.0. The summed E-state index contributed by atoms with van der Waals surface area (Å²) in [5.74, 6) is -0.202. The van der Waals surface area contributed by atoms with Crippen molar-refractivity contribution in [2.75, 3.05) is 40.9 Å². The van der Waals surface area contributed by atoms with E-state index in [0.29, 0.717) is 17.4 Å². The Balaban J connectivity index is 4.54. The first kappa shape index (κ1) is 52.5. The predicted molar refractivity (Wildman–Crippen MR) is 231 cm³/mol. The van der Waals surface area contributed by atoms with Crippen LogP contribution in [-0.2, 0) is 18.4 Å². The molecular weight excluding hydrogens is 695 g/mol. The number of amides is 1. The van der Waals surface area contributed by atoms with Crippen molar-refractivity contribution >= 4 is 13.7 Å². The topological polar surface area (TPSA) is 105 Å². The summed E-state index contributed by atoms with van der Waals surface area (Å²) in [7, 11) is 1.54. The summed E-state index contributed by atoms with van der Waals surface area (Å²) in [4.78, 5) is 23.1. The van der Waals surface area contributed by atoms with Crippen LogP contribution < -0.4 is 5.32 Å². The van der Waals surface area contributed by atoms with Crippen LogP contribution in [0.4, 0.5) is 0 Å². The fourth-order valence-electron chi connectivity index (χ4n) is 5.95. The summed E-state index contributed by atoms with van der Waals surface area (Å²) < 4.78 is 23.5.